The largest absolute Gasteiger partial charge is 0.508 e. The van der Waals surface area contributed by atoms with Crippen LogP contribution in [-0.2, 0) is 48.1 Å². The highest BCUT2D eigenvalue weighted by atomic mass is 16.5. The molecule has 2 fully saturated rings. The first-order chi connectivity index (χ1) is 30.7. The Hall–Kier alpha value is -5.80. The number of hydrazine groups is 1. The van der Waals surface area contributed by atoms with Crippen LogP contribution in [0.25, 0.3) is 33.3 Å². The molecular weight excluding hydrogens is 825 g/mol. The minimum absolute atomic E-state index is 0.00662. The second-order valence-electron chi connectivity index (χ2n) is 19.9. The molecule has 15 heteroatoms. The lowest BCUT2D eigenvalue weighted by Crippen LogP contribution is -2.62. The number of hydrogen-bond donors (Lipinski definition) is 4. The van der Waals surface area contributed by atoms with Crippen LogP contribution >= 0.6 is 0 Å². The maximum Gasteiger partial charge on any atom is 0.324 e. The van der Waals surface area contributed by atoms with E-state index >= 15 is 0 Å². The van der Waals surface area contributed by atoms with Crippen LogP contribution in [-0.4, -0.2) is 123 Å². The number of phenols is 1. The molecule has 2 saturated heterocycles. The van der Waals surface area contributed by atoms with Crippen molar-refractivity contribution >= 4 is 40.5 Å². The van der Waals surface area contributed by atoms with Crippen LogP contribution in [0.2, 0.25) is 0 Å². The first kappa shape index (κ1) is 47.2. The molecule has 348 valence electrons. The number of cyclic esters (lactones) is 1. The highest BCUT2D eigenvalue weighted by molar-refractivity contribution is 5.97. The second kappa shape index (κ2) is 18.6. The topological polar surface area (TPSA) is 188 Å². The molecule has 4 N–H and O–H groups in total. The molecule has 4 amide bonds. The predicted molar refractivity (Wildman–Crippen MR) is 249 cm³/mol. The number of nitrogens with zero attached hydrogens (tertiary/aromatic N) is 5. The lowest BCUT2D eigenvalue weighted by atomic mass is 9.83. The molecule has 4 aromatic rings. The fourth-order valence-electron chi connectivity index (χ4n) is 9.52. The van der Waals surface area contributed by atoms with Gasteiger partial charge in [0, 0.05) is 68.2 Å². The van der Waals surface area contributed by atoms with Crippen molar-refractivity contribution in [2.24, 2.45) is 11.3 Å². The average molecular weight is 891 g/mol. The van der Waals surface area contributed by atoms with Gasteiger partial charge in [0.1, 0.15) is 29.4 Å². The summed E-state index contributed by atoms with van der Waals surface area (Å²) in [6, 6.07) is 12.6. The van der Waals surface area contributed by atoms with Gasteiger partial charge in [0.05, 0.1) is 24.5 Å². The number of nitrogens with one attached hydrogen (secondary N) is 3. The molecule has 2 aromatic heterocycles. The number of hydrogen-bond acceptors (Lipinski definition) is 10. The van der Waals surface area contributed by atoms with Crippen molar-refractivity contribution in [1.29, 1.82) is 0 Å². The Bertz CT molecular complexity index is 2490. The Morgan fingerprint density at radius 2 is 1.77 bits per heavy atom. The molecule has 0 radical (unpaired) electrons. The summed E-state index contributed by atoms with van der Waals surface area (Å²) < 4.78 is 8.43. The van der Waals surface area contributed by atoms with Crippen molar-refractivity contribution in [2.45, 2.75) is 117 Å². The van der Waals surface area contributed by atoms with E-state index in [-0.39, 0.29) is 49.6 Å². The smallest absolute Gasteiger partial charge is 0.324 e. The van der Waals surface area contributed by atoms with Crippen LogP contribution in [0.4, 0.5) is 0 Å². The van der Waals surface area contributed by atoms with Crippen LogP contribution in [0.1, 0.15) is 91.0 Å². The van der Waals surface area contributed by atoms with Crippen molar-refractivity contribution in [1.82, 2.24) is 40.4 Å². The van der Waals surface area contributed by atoms with Crippen molar-refractivity contribution in [3.8, 4) is 28.1 Å². The minimum Gasteiger partial charge on any atom is -0.508 e. The lowest BCUT2D eigenvalue weighted by Gasteiger charge is -2.37. The number of benzene rings is 2. The molecule has 6 bridgehead atoms. The van der Waals surface area contributed by atoms with Crippen molar-refractivity contribution in [3.05, 3.63) is 71.5 Å². The van der Waals surface area contributed by atoms with E-state index in [2.05, 4.69) is 73.4 Å². The molecule has 3 aliphatic rings. The number of likely N-dealkylation sites (N-methyl/N-ethyl adjacent to an activating group) is 2. The van der Waals surface area contributed by atoms with Gasteiger partial charge in [0.2, 0.25) is 17.7 Å². The van der Waals surface area contributed by atoms with Gasteiger partial charge in [-0.1, -0.05) is 53.7 Å². The highest BCUT2D eigenvalue weighted by Gasteiger charge is 2.47. The number of rotatable bonds is 10. The molecule has 0 saturated carbocycles. The first-order valence-corrected chi connectivity index (χ1v) is 23.0. The monoisotopic (exact) mass is 891 g/mol. The summed E-state index contributed by atoms with van der Waals surface area (Å²) in [4.78, 5) is 77.1. The molecule has 65 heavy (non-hydrogen) atoms. The quantitative estimate of drug-likeness (QED) is 0.122. The zero-order valence-corrected chi connectivity index (χ0v) is 39.6. The van der Waals surface area contributed by atoms with Crippen LogP contribution in [0.3, 0.4) is 0 Å². The van der Waals surface area contributed by atoms with Crippen LogP contribution in [0.15, 0.2) is 54.7 Å². The van der Waals surface area contributed by atoms with E-state index in [9.17, 15) is 29.1 Å². The maximum atomic E-state index is 14.7. The van der Waals surface area contributed by atoms with Gasteiger partial charge < -0.3 is 34.8 Å². The van der Waals surface area contributed by atoms with Gasteiger partial charge in [-0.15, -0.1) is 0 Å². The maximum absolute atomic E-state index is 14.7. The first-order valence-electron chi connectivity index (χ1n) is 23.0. The Kier molecular flexibility index (Phi) is 13.5. The fraction of sp³-hybridized carbons (Fsp3) is 0.520. The van der Waals surface area contributed by atoms with Crippen molar-refractivity contribution in [2.75, 3.05) is 40.3 Å². The van der Waals surface area contributed by atoms with Gasteiger partial charge >= 0.3 is 5.97 Å². The number of aromatic hydroxyl groups is 1. The summed E-state index contributed by atoms with van der Waals surface area (Å²) in [6.07, 6.45) is 3.35. The zero-order chi connectivity index (χ0) is 47.1. The van der Waals surface area contributed by atoms with E-state index in [1.807, 2.05) is 38.2 Å². The number of aromatic nitrogens is 2. The number of fused-ring (bicyclic) bond motifs is 6. The molecule has 3 aliphatic heterocycles. The summed E-state index contributed by atoms with van der Waals surface area (Å²) in [5, 5.41) is 19.7. The van der Waals surface area contributed by atoms with E-state index in [4.69, 9.17) is 9.72 Å². The lowest BCUT2D eigenvalue weighted by molar-refractivity contribution is -0.155. The molecule has 0 aliphatic carbocycles. The summed E-state index contributed by atoms with van der Waals surface area (Å²) >= 11 is 0. The number of phenolic OH excluding ortho intramolecular Hbond substituents is 1. The summed E-state index contributed by atoms with van der Waals surface area (Å²) in [6.45, 7) is 17.4. The average Bonchev–Trinajstić information content (AvgIpc) is 3.95. The number of esters is 1. The third kappa shape index (κ3) is 9.91. The van der Waals surface area contributed by atoms with E-state index in [0.29, 0.717) is 37.9 Å². The molecule has 2 aromatic carbocycles. The zero-order valence-electron chi connectivity index (χ0n) is 39.6. The normalized spacial score (nSPS) is 21.4. The van der Waals surface area contributed by atoms with Crippen molar-refractivity contribution in [3.63, 3.8) is 0 Å². The van der Waals surface area contributed by atoms with Crippen LogP contribution < -0.4 is 16.1 Å². The third-order valence-corrected chi connectivity index (χ3v) is 13.1. The van der Waals surface area contributed by atoms with E-state index in [0.717, 1.165) is 44.5 Å². The highest BCUT2D eigenvalue weighted by Crippen LogP contribution is 2.42. The molecular formula is C50H66N8O7. The molecule has 7 rings (SSSR count). The minimum atomic E-state index is -1.17. The van der Waals surface area contributed by atoms with Gasteiger partial charge in [0.25, 0.3) is 5.91 Å². The van der Waals surface area contributed by atoms with Gasteiger partial charge in [0.15, 0.2) is 0 Å². The molecule has 5 heterocycles. The number of amides is 4. The number of aryl methyl sites for hydroxylation is 1. The van der Waals surface area contributed by atoms with E-state index in [1.165, 1.54) is 21.9 Å². The SMILES string of the molecule is CCn1c(-c2cccnc2C(C)C)c2c3cc(ccc31)-c1cc(O)cc(c1)C[C@H](NC(=O)[C@H](C(C)C)N(C)C(=O)CN(C)C(=O)[C@]1(C)CN1)C(=O)N1CCC[C@H](N1)C(=O)OCC(C)(C)C2. The molecule has 0 spiro atoms. The molecule has 15 nitrogen and oxygen atoms in total. The predicted octanol–water partition coefficient (Wildman–Crippen LogP) is 5.17. The Morgan fingerprint density at radius 1 is 1.03 bits per heavy atom. The Morgan fingerprint density at radius 3 is 2.45 bits per heavy atom. The molecule has 4 atom stereocenters. The van der Waals surface area contributed by atoms with Gasteiger partial charge in [-0.2, -0.15) is 0 Å². The summed E-state index contributed by atoms with van der Waals surface area (Å²) in [5.41, 5.74) is 9.31. The number of carbonyl (C=O) groups is 5. The van der Waals surface area contributed by atoms with E-state index < -0.39 is 52.8 Å². The van der Waals surface area contributed by atoms with Crippen LogP contribution in [0.5, 0.6) is 5.75 Å². The second-order valence-corrected chi connectivity index (χ2v) is 19.9. The Labute approximate surface area is 382 Å². The van der Waals surface area contributed by atoms with Gasteiger partial charge in [-0.05, 0) is 104 Å². The van der Waals surface area contributed by atoms with Crippen molar-refractivity contribution < 1.29 is 33.8 Å². The standard InChI is InChI=1S/C50H66N8O7/c1-11-57-40-17-16-32-24-36(40)37(44(57)35-14-12-18-51-42(35)29(2)3)25-49(6,7)28-65-47(63)38-15-13-19-58(54-38)46(62)39(22-31-20-33(32)23-34(59)21-31)53-45(61)43(30(4)5)56(10)41(60)26-55(9)48(64)50(8)27-52-50/h12,14,16-18,20-21,23-24,29-30,38-39,43,52,54,59H,11,13,15,19,22,25-28H2,1-10H3,(H,53,61)/t38-,39-,43-,50-/m0/s1. The fourth-order valence-corrected chi connectivity index (χ4v) is 9.52. The third-order valence-electron chi connectivity index (χ3n) is 13.1. The number of carbonyl (C=O) groups excluding carboxylic acids is 5. The summed E-state index contributed by atoms with van der Waals surface area (Å²) in [5.74, 6) is -2.37. The van der Waals surface area contributed by atoms with Gasteiger partial charge in [-0.25, -0.2) is 5.43 Å². The Balaban J connectivity index is 1.30. The molecule has 0 unspecified atom stereocenters. The number of pyridine rings is 1. The van der Waals surface area contributed by atoms with Gasteiger partial charge in [-0.3, -0.25) is 34.0 Å². The summed E-state index contributed by atoms with van der Waals surface area (Å²) in [7, 11) is 3.09. The van der Waals surface area contributed by atoms with E-state index in [1.54, 1.807) is 26.1 Å². The number of ether oxygens (including phenoxy) is 1. The van der Waals surface area contributed by atoms with Crippen LogP contribution in [0, 0.1) is 11.3 Å².